The second-order valence-electron chi connectivity index (χ2n) is 5.44. The van der Waals surface area contributed by atoms with Crippen molar-refractivity contribution in [3.8, 4) is 5.75 Å². The number of halogens is 1. The van der Waals surface area contributed by atoms with E-state index in [0.29, 0.717) is 25.9 Å². The van der Waals surface area contributed by atoms with E-state index in [0.717, 1.165) is 35.7 Å². The van der Waals surface area contributed by atoms with Gasteiger partial charge in [-0.2, -0.15) is 0 Å². The second kappa shape index (κ2) is 14.4. The summed E-state index contributed by atoms with van der Waals surface area (Å²) in [5.41, 5.74) is 1.11. The van der Waals surface area contributed by atoms with Crippen LogP contribution in [-0.4, -0.2) is 54.6 Å². The van der Waals surface area contributed by atoms with Crippen LogP contribution < -0.4 is 10.1 Å². The molecule has 0 aromatic heterocycles. The number of carbonyl (C=O) groups is 2. The molecule has 0 saturated heterocycles. The van der Waals surface area contributed by atoms with E-state index < -0.39 is 11.9 Å². The van der Waals surface area contributed by atoms with Gasteiger partial charge in [0, 0.05) is 17.6 Å². The van der Waals surface area contributed by atoms with Crippen LogP contribution in [0.5, 0.6) is 5.75 Å². The lowest BCUT2D eigenvalue weighted by Gasteiger charge is -2.12. The van der Waals surface area contributed by atoms with Crippen molar-refractivity contribution in [1.82, 2.24) is 5.32 Å². The smallest absolute Gasteiger partial charge is 0.414 e. The first-order chi connectivity index (χ1) is 12.3. The Morgan fingerprint density at radius 3 is 2.35 bits per heavy atom. The van der Waals surface area contributed by atoms with E-state index in [9.17, 15) is 0 Å². The van der Waals surface area contributed by atoms with Crippen LogP contribution in [0.2, 0.25) is 5.02 Å². The summed E-state index contributed by atoms with van der Waals surface area (Å²) < 4.78 is 11.2. The molecule has 0 aliphatic rings. The van der Waals surface area contributed by atoms with Gasteiger partial charge in [-0.1, -0.05) is 25.4 Å². The highest BCUT2D eigenvalue weighted by Crippen LogP contribution is 2.22. The van der Waals surface area contributed by atoms with Gasteiger partial charge in [-0.15, -0.1) is 0 Å². The number of ether oxygens (including phenoxy) is 2. The van der Waals surface area contributed by atoms with Gasteiger partial charge < -0.3 is 25.0 Å². The quantitative estimate of drug-likeness (QED) is 0.417. The molecule has 0 spiro atoms. The first-order valence-electron chi connectivity index (χ1n) is 8.50. The average molecular weight is 390 g/mol. The standard InChI is InChI=1S/C16H26ClNO2.C2H2O4/c1-4-13(3)18-8-9-19-10-11-20-15-6-7-16(17)14(5-2)12-15;3-1(4)2(5)6/h6-7,12-13,18H,4-5,8-11H2,1-3H3;(H,3,4)(H,5,6). The molecule has 0 heterocycles. The first kappa shape index (κ1) is 24.2. The second-order valence-corrected chi connectivity index (χ2v) is 5.85. The third-order valence-electron chi connectivity index (χ3n) is 3.43. The molecule has 0 radical (unpaired) electrons. The molecule has 0 fully saturated rings. The molecule has 0 saturated carbocycles. The molecule has 8 heteroatoms. The molecule has 1 atom stereocenters. The van der Waals surface area contributed by atoms with E-state index in [1.54, 1.807) is 0 Å². The highest BCUT2D eigenvalue weighted by molar-refractivity contribution is 6.31. The van der Waals surface area contributed by atoms with Crippen molar-refractivity contribution in [1.29, 1.82) is 0 Å². The predicted molar refractivity (Wildman–Crippen MR) is 100 cm³/mol. The number of nitrogens with one attached hydrogen (secondary N) is 1. The minimum absolute atomic E-state index is 0.552. The van der Waals surface area contributed by atoms with Gasteiger partial charge in [0.1, 0.15) is 12.4 Å². The number of rotatable bonds is 10. The summed E-state index contributed by atoms with van der Waals surface area (Å²) in [6, 6.07) is 6.32. The maximum atomic E-state index is 9.10. The van der Waals surface area contributed by atoms with E-state index in [-0.39, 0.29) is 0 Å². The van der Waals surface area contributed by atoms with Gasteiger partial charge in [-0.3, -0.25) is 0 Å². The Bertz CT molecular complexity index is 540. The molecule has 0 aliphatic carbocycles. The normalized spacial score (nSPS) is 11.2. The Labute approximate surface area is 159 Å². The summed E-state index contributed by atoms with van der Waals surface area (Å²) in [7, 11) is 0. The van der Waals surface area contributed by atoms with E-state index in [2.05, 4.69) is 26.1 Å². The van der Waals surface area contributed by atoms with Crippen LogP contribution in [0.25, 0.3) is 0 Å². The van der Waals surface area contributed by atoms with Crippen LogP contribution in [0.15, 0.2) is 18.2 Å². The van der Waals surface area contributed by atoms with Gasteiger partial charge >= 0.3 is 11.9 Å². The lowest BCUT2D eigenvalue weighted by Crippen LogP contribution is -2.29. The third-order valence-corrected chi connectivity index (χ3v) is 3.80. The summed E-state index contributed by atoms with van der Waals surface area (Å²) in [5.74, 6) is -2.79. The van der Waals surface area contributed by atoms with Crippen molar-refractivity contribution in [2.24, 2.45) is 0 Å². The molecule has 26 heavy (non-hydrogen) atoms. The van der Waals surface area contributed by atoms with Crippen molar-refractivity contribution in [3.05, 3.63) is 28.8 Å². The van der Waals surface area contributed by atoms with E-state index in [1.807, 2.05) is 18.2 Å². The molecule has 3 N–H and O–H groups in total. The zero-order valence-corrected chi connectivity index (χ0v) is 16.2. The molecule has 1 rings (SSSR count). The fraction of sp³-hybridized carbons (Fsp3) is 0.556. The zero-order valence-electron chi connectivity index (χ0n) is 15.5. The lowest BCUT2D eigenvalue weighted by molar-refractivity contribution is -0.159. The summed E-state index contributed by atoms with van der Waals surface area (Å²) in [6.45, 7) is 9.20. The minimum atomic E-state index is -1.82. The maximum Gasteiger partial charge on any atom is 0.414 e. The average Bonchev–Trinajstić information content (AvgIpc) is 2.62. The monoisotopic (exact) mass is 389 g/mol. The van der Waals surface area contributed by atoms with E-state index >= 15 is 0 Å². The SMILES string of the molecule is CCc1cc(OCCOCCNC(C)CC)ccc1Cl.O=C(O)C(=O)O. The van der Waals surface area contributed by atoms with Gasteiger partial charge in [0.05, 0.1) is 13.2 Å². The number of aryl methyl sites for hydroxylation is 1. The van der Waals surface area contributed by atoms with Crippen LogP contribution >= 0.6 is 11.6 Å². The van der Waals surface area contributed by atoms with Crippen LogP contribution in [0.3, 0.4) is 0 Å². The summed E-state index contributed by atoms with van der Waals surface area (Å²) in [5, 5.41) is 19.0. The van der Waals surface area contributed by atoms with Gasteiger partial charge in [0.15, 0.2) is 0 Å². The number of aliphatic carboxylic acids is 2. The number of benzene rings is 1. The van der Waals surface area contributed by atoms with Gasteiger partial charge in [-0.05, 0) is 43.5 Å². The maximum absolute atomic E-state index is 9.10. The van der Waals surface area contributed by atoms with Crippen LogP contribution in [0.4, 0.5) is 0 Å². The molecule has 0 bridgehead atoms. The highest BCUT2D eigenvalue weighted by Gasteiger charge is 2.04. The fourth-order valence-electron chi connectivity index (χ4n) is 1.75. The molecule has 1 aromatic carbocycles. The van der Waals surface area contributed by atoms with Crippen LogP contribution in [0, 0.1) is 0 Å². The Hall–Kier alpha value is -1.83. The summed E-state index contributed by atoms with van der Waals surface area (Å²) in [6.07, 6.45) is 2.05. The number of hydrogen-bond donors (Lipinski definition) is 3. The number of hydrogen-bond acceptors (Lipinski definition) is 5. The Morgan fingerprint density at radius 1 is 1.15 bits per heavy atom. The van der Waals surface area contributed by atoms with E-state index in [1.165, 1.54) is 0 Å². The van der Waals surface area contributed by atoms with Crippen LogP contribution in [0.1, 0.15) is 32.8 Å². The molecule has 1 unspecified atom stereocenters. The Morgan fingerprint density at radius 2 is 1.81 bits per heavy atom. The molecule has 7 nitrogen and oxygen atoms in total. The molecule has 0 aliphatic heterocycles. The summed E-state index contributed by atoms with van der Waals surface area (Å²) in [4.78, 5) is 18.2. The Kier molecular flexibility index (Phi) is 13.3. The molecule has 1 aromatic rings. The summed E-state index contributed by atoms with van der Waals surface area (Å²) >= 11 is 6.07. The van der Waals surface area contributed by atoms with Gasteiger partial charge in [-0.25, -0.2) is 9.59 Å². The van der Waals surface area contributed by atoms with Crippen molar-refractivity contribution in [3.63, 3.8) is 0 Å². The predicted octanol–water partition coefficient (Wildman–Crippen LogP) is 2.84. The Balaban J connectivity index is 0.000000896. The molecular weight excluding hydrogens is 362 g/mol. The van der Waals surface area contributed by atoms with Crippen molar-refractivity contribution in [2.75, 3.05) is 26.4 Å². The molecule has 148 valence electrons. The minimum Gasteiger partial charge on any atom is -0.491 e. The van der Waals surface area contributed by atoms with Crippen molar-refractivity contribution < 1.29 is 29.3 Å². The largest absolute Gasteiger partial charge is 0.491 e. The van der Waals surface area contributed by atoms with Crippen molar-refractivity contribution >= 4 is 23.5 Å². The molecule has 0 amide bonds. The lowest BCUT2D eigenvalue weighted by atomic mass is 10.1. The first-order valence-corrected chi connectivity index (χ1v) is 8.88. The van der Waals surface area contributed by atoms with E-state index in [4.69, 9.17) is 40.9 Å². The van der Waals surface area contributed by atoms with Gasteiger partial charge in [0.25, 0.3) is 0 Å². The van der Waals surface area contributed by atoms with Crippen LogP contribution in [-0.2, 0) is 20.7 Å². The highest BCUT2D eigenvalue weighted by atomic mass is 35.5. The zero-order chi connectivity index (χ0) is 19.9. The van der Waals surface area contributed by atoms with Gasteiger partial charge in [0.2, 0.25) is 0 Å². The third kappa shape index (κ3) is 11.7. The molecular formula is C18H28ClNO6. The fourth-order valence-corrected chi connectivity index (χ4v) is 2.01. The topological polar surface area (TPSA) is 105 Å². The van der Waals surface area contributed by atoms with Crippen molar-refractivity contribution in [2.45, 2.75) is 39.7 Å². The number of carboxylic acids is 2. The number of carboxylic acid groups (broad SMARTS) is 2.